The quantitative estimate of drug-likeness (QED) is 0.632. The summed E-state index contributed by atoms with van der Waals surface area (Å²) in [6.07, 6.45) is 0.974. The van der Waals surface area contributed by atoms with Crippen molar-refractivity contribution < 1.29 is 5.11 Å². The summed E-state index contributed by atoms with van der Waals surface area (Å²) in [7, 11) is 0. The Balaban J connectivity index is 2.26. The van der Waals surface area contributed by atoms with Crippen molar-refractivity contribution in [2.45, 2.75) is 32.4 Å². The van der Waals surface area contributed by atoms with E-state index < -0.39 is 0 Å². The summed E-state index contributed by atoms with van der Waals surface area (Å²) >= 11 is 0. The standard InChI is InChI=1S/C9H20N2O/c1-7(12)5-11-4-3-9(6-11)8(2)10/h7-9,12H,3-6,10H2,1-2H3/t7-,8?,9?/m0/s1. The topological polar surface area (TPSA) is 49.5 Å². The molecule has 0 bridgehead atoms. The third-order valence-corrected chi connectivity index (χ3v) is 2.57. The predicted octanol–water partition coefficient (Wildman–Crippen LogP) is 0.0363. The first kappa shape index (κ1) is 9.96. The van der Waals surface area contributed by atoms with Crippen LogP contribution in [-0.2, 0) is 0 Å². The smallest absolute Gasteiger partial charge is 0.0639 e. The summed E-state index contributed by atoms with van der Waals surface area (Å²) in [6.45, 7) is 6.85. The van der Waals surface area contributed by atoms with Crippen LogP contribution in [0.1, 0.15) is 20.3 Å². The van der Waals surface area contributed by atoms with Crippen LogP contribution in [0.25, 0.3) is 0 Å². The highest BCUT2D eigenvalue weighted by Crippen LogP contribution is 2.18. The van der Waals surface area contributed by atoms with Gasteiger partial charge in [-0.2, -0.15) is 0 Å². The Hall–Kier alpha value is -0.120. The van der Waals surface area contributed by atoms with Crippen LogP contribution in [0, 0.1) is 5.92 Å². The van der Waals surface area contributed by atoms with Gasteiger partial charge in [0.1, 0.15) is 0 Å². The van der Waals surface area contributed by atoms with Gasteiger partial charge in [0.2, 0.25) is 0 Å². The number of aliphatic hydroxyl groups excluding tert-OH is 1. The van der Waals surface area contributed by atoms with Crippen molar-refractivity contribution in [3.63, 3.8) is 0 Å². The van der Waals surface area contributed by atoms with Crippen LogP contribution in [0.5, 0.6) is 0 Å². The van der Waals surface area contributed by atoms with Gasteiger partial charge in [0.15, 0.2) is 0 Å². The summed E-state index contributed by atoms with van der Waals surface area (Å²) in [4.78, 5) is 2.29. The molecule has 0 aliphatic carbocycles. The molecule has 1 saturated heterocycles. The lowest BCUT2D eigenvalue weighted by molar-refractivity contribution is 0.138. The fourth-order valence-electron chi connectivity index (χ4n) is 1.83. The molecule has 0 aromatic rings. The molecule has 1 rings (SSSR count). The highest BCUT2D eigenvalue weighted by atomic mass is 16.3. The first-order chi connectivity index (χ1) is 5.59. The van der Waals surface area contributed by atoms with Crippen molar-refractivity contribution in [2.75, 3.05) is 19.6 Å². The molecule has 0 aromatic heterocycles. The van der Waals surface area contributed by atoms with E-state index in [9.17, 15) is 0 Å². The number of hydrogen-bond donors (Lipinski definition) is 2. The van der Waals surface area contributed by atoms with E-state index in [0.717, 1.165) is 19.6 Å². The molecule has 0 amide bonds. The first-order valence-electron chi connectivity index (χ1n) is 4.75. The van der Waals surface area contributed by atoms with Gasteiger partial charge in [0.05, 0.1) is 6.10 Å². The third kappa shape index (κ3) is 2.73. The van der Waals surface area contributed by atoms with Crippen molar-refractivity contribution in [1.29, 1.82) is 0 Å². The minimum Gasteiger partial charge on any atom is -0.392 e. The van der Waals surface area contributed by atoms with Gasteiger partial charge in [0, 0.05) is 19.1 Å². The van der Waals surface area contributed by atoms with Crippen LogP contribution in [0.4, 0.5) is 0 Å². The second kappa shape index (κ2) is 4.21. The molecule has 0 radical (unpaired) electrons. The number of rotatable bonds is 3. The lowest BCUT2D eigenvalue weighted by atomic mass is 10.0. The first-order valence-corrected chi connectivity index (χ1v) is 4.75. The summed E-state index contributed by atoms with van der Waals surface area (Å²) in [5.41, 5.74) is 5.80. The van der Waals surface area contributed by atoms with E-state index in [1.807, 2.05) is 6.92 Å². The zero-order valence-corrected chi connectivity index (χ0v) is 8.03. The molecule has 0 saturated carbocycles. The molecule has 2 unspecified atom stereocenters. The van der Waals surface area contributed by atoms with Gasteiger partial charge in [-0.15, -0.1) is 0 Å². The minimum atomic E-state index is -0.211. The van der Waals surface area contributed by atoms with Gasteiger partial charge in [0.25, 0.3) is 0 Å². The van der Waals surface area contributed by atoms with E-state index in [-0.39, 0.29) is 6.10 Å². The Morgan fingerprint density at radius 3 is 2.67 bits per heavy atom. The highest BCUT2D eigenvalue weighted by Gasteiger charge is 2.25. The molecule has 1 fully saturated rings. The molecule has 3 atom stereocenters. The molecule has 1 aliphatic heterocycles. The maximum absolute atomic E-state index is 9.16. The van der Waals surface area contributed by atoms with Gasteiger partial charge >= 0.3 is 0 Å². The lowest BCUT2D eigenvalue weighted by Gasteiger charge is -2.18. The summed E-state index contributed by atoms with van der Waals surface area (Å²) in [5, 5.41) is 9.16. The van der Waals surface area contributed by atoms with Crippen molar-refractivity contribution >= 4 is 0 Å². The number of hydrogen-bond acceptors (Lipinski definition) is 3. The minimum absolute atomic E-state index is 0.211. The average Bonchev–Trinajstić information content (AvgIpc) is 2.34. The monoisotopic (exact) mass is 172 g/mol. The van der Waals surface area contributed by atoms with Gasteiger partial charge in [-0.25, -0.2) is 0 Å². The lowest BCUT2D eigenvalue weighted by Crippen LogP contribution is -2.32. The molecule has 0 aromatic carbocycles. The fraction of sp³-hybridized carbons (Fsp3) is 1.00. The van der Waals surface area contributed by atoms with Gasteiger partial charge in [-0.1, -0.05) is 0 Å². The Morgan fingerprint density at radius 2 is 2.25 bits per heavy atom. The van der Waals surface area contributed by atoms with E-state index in [1.54, 1.807) is 0 Å². The molecule has 1 heterocycles. The number of nitrogens with two attached hydrogens (primary N) is 1. The Bertz CT molecular complexity index is 136. The maximum Gasteiger partial charge on any atom is 0.0639 e. The van der Waals surface area contributed by atoms with Crippen molar-refractivity contribution in [1.82, 2.24) is 4.90 Å². The van der Waals surface area contributed by atoms with E-state index >= 15 is 0 Å². The van der Waals surface area contributed by atoms with Crippen LogP contribution in [0.2, 0.25) is 0 Å². The predicted molar refractivity (Wildman–Crippen MR) is 49.9 cm³/mol. The summed E-state index contributed by atoms with van der Waals surface area (Å²) < 4.78 is 0. The van der Waals surface area contributed by atoms with Gasteiger partial charge in [-0.3, -0.25) is 0 Å². The molecule has 0 spiro atoms. The van der Waals surface area contributed by atoms with Crippen LogP contribution < -0.4 is 5.73 Å². The normalized spacial score (nSPS) is 30.5. The second-order valence-corrected chi connectivity index (χ2v) is 4.02. The van der Waals surface area contributed by atoms with E-state index in [1.165, 1.54) is 6.42 Å². The summed E-state index contributed by atoms with van der Waals surface area (Å²) in [6, 6.07) is 0.295. The highest BCUT2D eigenvalue weighted by molar-refractivity contribution is 4.81. The molecule has 3 N–H and O–H groups in total. The molecule has 3 nitrogen and oxygen atoms in total. The van der Waals surface area contributed by atoms with Crippen LogP contribution >= 0.6 is 0 Å². The van der Waals surface area contributed by atoms with Gasteiger partial charge in [-0.05, 0) is 32.7 Å². The fourth-order valence-corrected chi connectivity index (χ4v) is 1.83. The number of nitrogens with zero attached hydrogens (tertiary/aromatic N) is 1. The van der Waals surface area contributed by atoms with E-state index in [0.29, 0.717) is 12.0 Å². The van der Waals surface area contributed by atoms with E-state index in [2.05, 4.69) is 11.8 Å². The zero-order valence-electron chi connectivity index (χ0n) is 8.03. The van der Waals surface area contributed by atoms with Crippen molar-refractivity contribution in [2.24, 2.45) is 11.7 Å². The van der Waals surface area contributed by atoms with Crippen LogP contribution in [0.15, 0.2) is 0 Å². The molecule has 12 heavy (non-hydrogen) atoms. The maximum atomic E-state index is 9.16. The molecule has 72 valence electrons. The molecular formula is C9H20N2O. The molecular weight excluding hydrogens is 152 g/mol. The van der Waals surface area contributed by atoms with Crippen molar-refractivity contribution in [3.05, 3.63) is 0 Å². The second-order valence-electron chi connectivity index (χ2n) is 4.02. The van der Waals surface area contributed by atoms with Crippen LogP contribution in [0.3, 0.4) is 0 Å². The largest absolute Gasteiger partial charge is 0.392 e. The molecule has 1 aliphatic rings. The number of likely N-dealkylation sites (tertiary alicyclic amines) is 1. The zero-order chi connectivity index (χ0) is 9.14. The molecule has 3 heteroatoms. The van der Waals surface area contributed by atoms with Gasteiger partial charge < -0.3 is 15.7 Å². The number of aliphatic hydroxyl groups is 1. The Kier molecular flexibility index (Phi) is 3.50. The van der Waals surface area contributed by atoms with E-state index in [4.69, 9.17) is 10.8 Å². The van der Waals surface area contributed by atoms with Crippen molar-refractivity contribution in [3.8, 4) is 0 Å². The average molecular weight is 172 g/mol. The Morgan fingerprint density at radius 1 is 1.58 bits per heavy atom. The SMILES string of the molecule is CC(N)C1CCN(C[C@H](C)O)C1. The Labute approximate surface area is 74.5 Å². The number of β-amino-alcohol motifs (C(OH)–C–C–N with tert-alkyl or cyclic N) is 1. The third-order valence-electron chi connectivity index (χ3n) is 2.57. The van der Waals surface area contributed by atoms with Crippen LogP contribution in [-0.4, -0.2) is 41.8 Å². The summed E-state index contributed by atoms with van der Waals surface area (Å²) in [5.74, 6) is 0.628.